The van der Waals surface area contributed by atoms with Crippen LogP contribution in [-0.2, 0) is 17.8 Å². The molecule has 0 fully saturated rings. The van der Waals surface area contributed by atoms with Gasteiger partial charge in [-0.25, -0.2) is 0 Å². The third-order valence-electron chi connectivity index (χ3n) is 3.13. The predicted octanol–water partition coefficient (Wildman–Crippen LogP) is 1.88. The molecule has 0 aromatic heterocycles. The highest BCUT2D eigenvalue weighted by Crippen LogP contribution is 2.21. The highest BCUT2D eigenvalue weighted by molar-refractivity contribution is 5.79. The molecule has 1 heterocycles. The third kappa shape index (κ3) is 2.26. The van der Waals surface area contributed by atoms with E-state index in [0.717, 1.165) is 19.5 Å². The number of benzene rings is 1. The second-order valence-electron chi connectivity index (χ2n) is 4.48. The molecule has 0 aliphatic carbocycles. The van der Waals surface area contributed by atoms with Gasteiger partial charge in [0, 0.05) is 19.0 Å². The van der Waals surface area contributed by atoms with Crippen LogP contribution < -0.4 is 0 Å². The van der Waals surface area contributed by atoms with E-state index in [9.17, 15) is 4.79 Å². The van der Waals surface area contributed by atoms with Crippen molar-refractivity contribution in [3.63, 3.8) is 0 Å². The molecule has 1 aliphatic heterocycles. The van der Waals surface area contributed by atoms with Crippen molar-refractivity contribution in [1.82, 2.24) is 4.90 Å². The summed E-state index contributed by atoms with van der Waals surface area (Å²) in [4.78, 5) is 13.7. The minimum absolute atomic E-state index is 0.165. The van der Waals surface area contributed by atoms with Crippen molar-refractivity contribution in [2.45, 2.75) is 19.9 Å². The maximum Gasteiger partial charge on any atom is 0.134 e. The van der Waals surface area contributed by atoms with Crippen LogP contribution in [0.4, 0.5) is 0 Å². The third-order valence-corrected chi connectivity index (χ3v) is 3.13. The number of nitrogens with zero attached hydrogens (tertiary/aromatic N) is 1. The number of ketones is 1. The van der Waals surface area contributed by atoms with Gasteiger partial charge in [-0.15, -0.1) is 0 Å². The molecule has 1 atom stereocenters. The Morgan fingerprint density at radius 1 is 1.33 bits per heavy atom. The summed E-state index contributed by atoms with van der Waals surface area (Å²) >= 11 is 0. The molecule has 0 spiro atoms. The minimum atomic E-state index is 0.165. The Kier molecular flexibility index (Phi) is 2.87. The van der Waals surface area contributed by atoms with Gasteiger partial charge in [-0.3, -0.25) is 4.79 Å². The first-order valence-corrected chi connectivity index (χ1v) is 5.42. The van der Waals surface area contributed by atoms with Gasteiger partial charge in [0.25, 0.3) is 0 Å². The van der Waals surface area contributed by atoms with Crippen molar-refractivity contribution >= 4 is 5.78 Å². The Morgan fingerprint density at radius 2 is 2.00 bits per heavy atom. The van der Waals surface area contributed by atoms with Gasteiger partial charge in [-0.2, -0.15) is 0 Å². The lowest BCUT2D eigenvalue weighted by molar-refractivity contribution is -0.121. The highest BCUT2D eigenvalue weighted by Gasteiger charge is 2.22. The summed E-state index contributed by atoms with van der Waals surface area (Å²) in [6, 6.07) is 8.43. The van der Waals surface area contributed by atoms with Crippen LogP contribution in [0.5, 0.6) is 0 Å². The molecule has 1 aromatic carbocycles. The monoisotopic (exact) mass is 203 g/mol. The summed E-state index contributed by atoms with van der Waals surface area (Å²) in [5.74, 6) is 0.470. The largest absolute Gasteiger partial charge is 0.301 e. The van der Waals surface area contributed by atoms with E-state index in [4.69, 9.17) is 0 Å². The number of rotatable bonds is 1. The van der Waals surface area contributed by atoms with E-state index >= 15 is 0 Å². The Labute approximate surface area is 90.9 Å². The zero-order valence-electron chi connectivity index (χ0n) is 9.36. The summed E-state index contributed by atoms with van der Waals surface area (Å²) in [6.45, 7) is 3.54. The summed E-state index contributed by atoms with van der Waals surface area (Å²) < 4.78 is 0. The van der Waals surface area contributed by atoms with Crippen molar-refractivity contribution in [2.24, 2.45) is 5.92 Å². The van der Waals surface area contributed by atoms with Gasteiger partial charge in [-0.1, -0.05) is 24.3 Å². The first-order chi connectivity index (χ1) is 7.16. The summed E-state index contributed by atoms with van der Waals surface area (Å²) in [5, 5.41) is 0. The minimum Gasteiger partial charge on any atom is -0.301 e. The Bertz CT molecular complexity index is 373. The van der Waals surface area contributed by atoms with Crippen LogP contribution in [-0.4, -0.2) is 24.3 Å². The molecule has 0 N–H and O–H groups in total. The van der Waals surface area contributed by atoms with Gasteiger partial charge in [0.05, 0.1) is 0 Å². The first-order valence-electron chi connectivity index (χ1n) is 5.42. The normalized spacial score (nSPS) is 21.9. The fourth-order valence-corrected chi connectivity index (χ4v) is 2.24. The molecule has 2 heteroatoms. The Hall–Kier alpha value is -1.15. The summed E-state index contributed by atoms with van der Waals surface area (Å²) in [5.41, 5.74) is 2.70. The number of fused-ring (bicyclic) bond motifs is 1. The zero-order chi connectivity index (χ0) is 10.8. The molecule has 2 rings (SSSR count). The molecule has 1 aromatic rings. The van der Waals surface area contributed by atoms with Crippen LogP contribution in [0.25, 0.3) is 0 Å². The average Bonchev–Trinajstić information content (AvgIpc) is 2.35. The lowest BCUT2D eigenvalue weighted by atomic mass is 9.95. The lowest BCUT2D eigenvalue weighted by Gasteiger charge is -2.17. The molecule has 0 bridgehead atoms. The number of carbonyl (C=O) groups is 1. The van der Waals surface area contributed by atoms with Crippen molar-refractivity contribution in [2.75, 3.05) is 13.6 Å². The van der Waals surface area contributed by atoms with Crippen LogP contribution in [0, 0.1) is 5.92 Å². The van der Waals surface area contributed by atoms with E-state index in [-0.39, 0.29) is 5.92 Å². The van der Waals surface area contributed by atoms with Gasteiger partial charge in [0.15, 0.2) is 0 Å². The van der Waals surface area contributed by atoms with Gasteiger partial charge >= 0.3 is 0 Å². The second kappa shape index (κ2) is 4.15. The maximum atomic E-state index is 11.5. The van der Waals surface area contributed by atoms with Crippen molar-refractivity contribution in [3.05, 3.63) is 35.4 Å². The lowest BCUT2D eigenvalue weighted by Crippen LogP contribution is -2.27. The predicted molar refractivity (Wildman–Crippen MR) is 60.7 cm³/mol. The fraction of sp³-hybridized carbons (Fsp3) is 0.462. The summed E-state index contributed by atoms with van der Waals surface area (Å²) in [7, 11) is 2.08. The van der Waals surface area contributed by atoms with Gasteiger partial charge in [0.1, 0.15) is 5.78 Å². The molecular weight excluding hydrogens is 186 g/mol. The Morgan fingerprint density at radius 3 is 2.67 bits per heavy atom. The quantitative estimate of drug-likeness (QED) is 0.694. The second-order valence-corrected chi connectivity index (χ2v) is 4.48. The van der Waals surface area contributed by atoms with Crippen LogP contribution >= 0.6 is 0 Å². The first kappa shape index (κ1) is 10.4. The van der Waals surface area contributed by atoms with E-state index in [2.05, 4.69) is 36.2 Å². The smallest absolute Gasteiger partial charge is 0.134 e. The standard InChI is InChI=1S/C13H17NO/c1-10(15)13-7-11-5-3-4-6-12(11)8-14(2)9-13/h3-6,13H,7-9H2,1-2H3. The molecular formula is C13H17NO. The van der Waals surface area contributed by atoms with Crippen molar-refractivity contribution in [3.8, 4) is 0 Å². The van der Waals surface area contributed by atoms with E-state index < -0.39 is 0 Å². The highest BCUT2D eigenvalue weighted by atomic mass is 16.1. The molecule has 0 amide bonds. The van der Waals surface area contributed by atoms with Gasteiger partial charge in [0.2, 0.25) is 0 Å². The SMILES string of the molecule is CC(=O)C1Cc2ccccc2CN(C)C1. The molecule has 1 unspecified atom stereocenters. The van der Waals surface area contributed by atoms with Crippen LogP contribution in [0.2, 0.25) is 0 Å². The van der Waals surface area contributed by atoms with E-state index in [1.807, 2.05) is 0 Å². The maximum absolute atomic E-state index is 11.5. The molecule has 1 aliphatic rings. The molecule has 80 valence electrons. The van der Waals surface area contributed by atoms with E-state index in [1.165, 1.54) is 11.1 Å². The molecule has 2 nitrogen and oxygen atoms in total. The van der Waals surface area contributed by atoms with E-state index in [0.29, 0.717) is 5.78 Å². The van der Waals surface area contributed by atoms with Crippen LogP contribution in [0.3, 0.4) is 0 Å². The van der Waals surface area contributed by atoms with Crippen molar-refractivity contribution in [1.29, 1.82) is 0 Å². The number of hydrogen-bond donors (Lipinski definition) is 0. The molecule has 15 heavy (non-hydrogen) atoms. The molecule has 0 saturated heterocycles. The average molecular weight is 203 g/mol. The molecule has 0 radical (unpaired) electrons. The van der Waals surface area contributed by atoms with E-state index in [1.54, 1.807) is 6.92 Å². The number of hydrogen-bond acceptors (Lipinski definition) is 2. The fourth-order valence-electron chi connectivity index (χ4n) is 2.24. The van der Waals surface area contributed by atoms with Crippen LogP contribution in [0.1, 0.15) is 18.1 Å². The zero-order valence-corrected chi connectivity index (χ0v) is 9.36. The number of Topliss-reactive ketones (excluding diaryl/α,β-unsaturated/α-hetero) is 1. The van der Waals surface area contributed by atoms with Gasteiger partial charge < -0.3 is 4.90 Å². The van der Waals surface area contributed by atoms with Gasteiger partial charge in [-0.05, 0) is 31.5 Å². The molecule has 0 saturated carbocycles. The number of carbonyl (C=O) groups excluding carboxylic acids is 1. The Balaban J connectivity index is 2.31. The van der Waals surface area contributed by atoms with Crippen molar-refractivity contribution < 1.29 is 4.79 Å². The topological polar surface area (TPSA) is 20.3 Å². The van der Waals surface area contributed by atoms with Crippen LogP contribution in [0.15, 0.2) is 24.3 Å². The summed E-state index contributed by atoms with van der Waals surface area (Å²) in [6.07, 6.45) is 0.899.